The summed E-state index contributed by atoms with van der Waals surface area (Å²) < 4.78 is 6.09. The van der Waals surface area contributed by atoms with Gasteiger partial charge in [0.1, 0.15) is 11.4 Å². The van der Waals surface area contributed by atoms with Gasteiger partial charge in [-0.05, 0) is 85.7 Å². The molecule has 1 aliphatic heterocycles. The molecule has 0 bridgehead atoms. The largest absolute Gasteiger partial charge is 0.450 e. The van der Waals surface area contributed by atoms with Crippen LogP contribution in [0.1, 0.15) is 44.4 Å². The van der Waals surface area contributed by atoms with Gasteiger partial charge in [-0.15, -0.1) is 11.8 Å². The predicted molar refractivity (Wildman–Crippen MR) is 128 cm³/mol. The number of hydrogen-bond donors (Lipinski definition) is 0. The number of hydrogen-bond acceptors (Lipinski definition) is 5. The molecule has 0 fully saturated rings. The number of fused-ring (bicyclic) bond motifs is 2. The Bertz CT molecular complexity index is 1440. The summed E-state index contributed by atoms with van der Waals surface area (Å²) in [6.07, 6.45) is 3.69. The van der Waals surface area contributed by atoms with Crippen molar-refractivity contribution in [2.45, 2.75) is 31.7 Å². The maximum atomic E-state index is 13.7. The third kappa shape index (κ3) is 3.14. The van der Waals surface area contributed by atoms with E-state index in [2.05, 4.69) is 4.98 Å². The predicted octanol–water partition coefficient (Wildman–Crippen LogP) is 5.58. The molecule has 5 nitrogen and oxygen atoms in total. The van der Waals surface area contributed by atoms with E-state index in [1.807, 2.05) is 75.6 Å². The number of amides is 1. The summed E-state index contributed by atoms with van der Waals surface area (Å²) in [6, 6.07) is 14.7. The lowest BCUT2D eigenvalue weighted by Gasteiger charge is -2.24. The van der Waals surface area contributed by atoms with Crippen molar-refractivity contribution in [2.24, 2.45) is 0 Å². The lowest BCUT2D eigenvalue weighted by atomic mass is 9.97. The van der Waals surface area contributed by atoms with Crippen LogP contribution in [0, 0.1) is 20.8 Å². The lowest BCUT2D eigenvalue weighted by Crippen LogP contribution is -2.30. The third-order valence-electron chi connectivity index (χ3n) is 6.07. The molecular formula is C26H22N2O3S. The second-order valence-corrected chi connectivity index (χ2v) is 9.03. The first-order chi connectivity index (χ1) is 15.4. The molecule has 0 unspecified atom stereocenters. The Morgan fingerprint density at radius 3 is 2.38 bits per heavy atom. The first-order valence-electron chi connectivity index (χ1n) is 10.4. The van der Waals surface area contributed by atoms with Crippen molar-refractivity contribution in [1.29, 1.82) is 0 Å². The molecule has 0 N–H and O–H groups in total. The Labute approximate surface area is 190 Å². The third-order valence-corrected chi connectivity index (χ3v) is 6.81. The van der Waals surface area contributed by atoms with E-state index in [-0.39, 0.29) is 17.1 Å². The van der Waals surface area contributed by atoms with Gasteiger partial charge >= 0.3 is 0 Å². The minimum absolute atomic E-state index is 0.0907. The second kappa shape index (κ2) is 7.64. The number of rotatable bonds is 3. The molecule has 0 aliphatic carbocycles. The van der Waals surface area contributed by atoms with E-state index in [0.717, 1.165) is 27.1 Å². The summed E-state index contributed by atoms with van der Waals surface area (Å²) in [7, 11) is 0. The minimum atomic E-state index is -0.607. The smallest absolute Gasteiger partial charge is 0.296 e. The topological polar surface area (TPSA) is 63.4 Å². The van der Waals surface area contributed by atoms with Crippen LogP contribution in [-0.4, -0.2) is 17.1 Å². The number of aryl methyl sites for hydroxylation is 3. The van der Waals surface area contributed by atoms with Gasteiger partial charge < -0.3 is 4.42 Å². The molecule has 4 aromatic rings. The number of pyridine rings is 1. The number of anilines is 1. The molecule has 2 aromatic carbocycles. The summed E-state index contributed by atoms with van der Waals surface area (Å²) in [5.41, 5.74) is 4.46. The van der Waals surface area contributed by atoms with Gasteiger partial charge in [0, 0.05) is 11.1 Å². The van der Waals surface area contributed by atoms with Crippen molar-refractivity contribution in [2.75, 3.05) is 11.2 Å². The summed E-state index contributed by atoms with van der Waals surface area (Å²) in [5, 5.41) is 0.490. The Hall–Kier alpha value is -3.38. The molecule has 0 spiro atoms. The first kappa shape index (κ1) is 20.5. The molecule has 2 aromatic heterocycles. The first-order valence-corrected chi connectivity index (χ1v) is 11.6. The van der Waals surface area contributed by atoms with Crippen LogP contribution in [-0.2, 0) is 0 Å². The zero-order chi connectivity index (χ0) is 22.6. The molecule has 5 rings (SSSR count). The molecule has 32 heavy (non-hydrogen) atoms. The van der Waals surface area contributed by atoms with Crippen molar-refractivity contribution < 1.29 is 9.21 Å². The van der Waals surface area contributed by atoms with Gasteiger partial charge in [-0.1, -0.05) is 12.1 Å². The summed E-state index contributed by atoms with van der Waals surface area (Å²) in [4.78, 5) is 34.5. The van der Waals surface area contributed by atoms with E-state index in [0.29, 0.717) is 22.4 Å². The van der Waals surface area contributed by atoms with E-state index in [9.17, 15) is 9.59 Å². The molecule has 1 atom stereocenters. The molecule has 0 saturated heterocycles. The number of benzene rings is 2. The molecule has 1 amide bonds. The van der Waals surface area contributed by atoms with Crippen molar-refractivity contribution in [3.63, 3.8) is 0 Å². The second-order valence-electron chi connectivity index (χ2n) is 8.15. The Balaban J connectivity index is 1.81. The van der Waals surface area contributed by atoms with Crippen LogP contribution in [0.25, 0.3) is 11.0 Å². The fourth-order valence-electron chi connectivity index (χ4n) is 4.22. The highest BCUT2D eigenvalue weighted by Gasteiger charge is 2.44. The average Bonchev–Trinajstić information content (AvgIpc) is 3.08. The van der Waals surface area contributed by atoms with Crippen LogP contribution in [0.3, 0.4) is 0 Å². The average molecular weight is 443 g/mol. The minimum Gasteiger partial charge on any atom is -0.450 e. The molecule has 6 heteroatoms. The fourth-order valence-corrected chi connectivity index (χ4v) is 4.63. The standard InChI is InChI=1S/C26H22N2O3S/c1-14-9-10-27-21(11-14)28-23(17-5-7-18(32-4)8-6-17)22-24(29)19-12-15(2)16(3)13-20(19)31-25(22)26(28)30/h5-13,23H,1-4H3/t23-/m0/s1. The Kier molecular flexibility index (Phi) is 4.90. The molecule has 0 saturated carbocycles. The monoisotopic (exact) mass is 442 g/mol. The molecule has 1 aliphatic rings. The Morgan fingerprint density at radius 1 is 0.969 bits per heavy atom. The van der Waals surface area contributed by atoms with E-state index in [1.165, 1.54) is 0 Å². The quantitative estimate of drug-likeness (QED) is 0.387. The molecule has 160 valence electrons. The van der Waals surface area contributed by atoms with E-state index < -0.39 is 6.04 Å². The van der Waals surface area contributed by atoms with Gasteiger partial charge in [0.15, 0.2) is 5.43 Å². The van der Waals surface area contributed by atoms with Crippen molar-refractivity contribution in [3.8, 4) is 0 Å². The van der Waals surface area contributed by atoms with Crippen molar-refractivity contribution in [1.82, 2.24) is 4.98 Å². The molecule has 3 heterocycles. The van der Waals surface area contributed by atoms with Crippen molar-refractivity contribution >= 4 is 34.5 Å². The summed E-state index contributed by atoms with van der Waals surface area (Å²) in [5.74, 6) is 0.235. The highest BCUT2D eigenvalue weighted by Crippen LogP contribution is 2.41. The SMILES string of the molecule is CSc1ccc([C@H]2c3c(oc4cc(C)c(C)cc4c3=O)C(=O)N2c2cc(C)ccn2)cc1. The number of carbonyl (C=O) groups is 1. The fraction of sp³-hybridized carbons (Fsp3) is 0.192. The van der Waals surface area contributed by atoms with Gasteiger partial charge in [-0.3, -0.25) is 14.5 Å². The molecule has 0 radical (unpaired) electrons. The number of nitrogens with zero attached hydrogens (tertiary/aromatic N) is 2. The zero-order valence-electron chi connectivity index (χ0n) is 18.3. The number of aromatic nitrogens is 1. The van der Waals surface area contributed by atoms with Crippen molar-refractivity contribution in [3.05, 3.63) is 98.5 Å². The van der Waals surface area contributed by atoms with Gasteiger partial charge in [0.25, 0.3) is 5.91 Å². The van der Waals surface area contributed by atoms with Crippen LogP contribution in [0.2, 0.25) is 0 Å². The summed E-state index contributed by atoms with van der Waals surface area (Å²) >= 11 is 1.64. The van der Waals surface area contributed by atoms with Gasteiger partial charge in [-0.25, -0.2) is 4.98 Å². The van der Waals surface area contributed by atoms with Crippen LogP contribution in [0.15, 0.2) is 68.8 Å². The normalized spacial score (nSPS) is 15.4. The zero-order valence-corrected chi connectivity index (χ0v) is 19.1. The van der Waals surface area contributed by atoms with E-state index in [1.54, 1.807) is 22.9 Å². The highest BCUT2D eigenvalue weighted by atomic mass is 32.2. The van der Waals surface area contributed by atoms with Crippen LogP contribution in [0.4, 0.5) is 5.82 Å². The Morgan fingerprint density at radius 2 is 1.69 bits per heavy atom. The van der Waals surface area contributed by atoms with Gasteiger partial charge in [0.2, 0.25) is 5.76 Å². The van der Waals surface area contributed by atoms with Crippen LogP contribution >= 0.6 is 11.8 Å². The highest BCUT2D eigenvalue weighted by molar-refractivity contribution is 7.98. The van der Waals surface area contributed by atoms with Gasteiger partial charge in [-0.2, -0.15) is 0 Å². The summed E-state index contributed by atoms with van der Waals surface area (Å²) in [6.45, 7) is 5.88. The number of carbonyl (C=O) groups excluding carboxylic acids is 1. The van der Waals surface area contributed by atoms with Crippen LogP contribution < -0.4 is 10.3 Å². The molecular weight excluding hydrogens is 420 g/mol. The van der Waals surface area contributed by atoms with E-state index in [4.69, 9.17) is 4.42 Å². The van der Waals surface area contributed by atoms with E-state index >= 15 is 0 Å². The van der Waals surface area contributed by atoms with Gasteiger partial charge in [0.05, 0.1) is 17.0 Å². The number of thioether (sulfide) groups is 1. The lowest BCUT2D eigenvalue weighted by molar-refractivity contribution is 0.0970. The maximum absolute atomic E-state index is 13.7. The van der Waals surface area contributed by atoms with Crippen LogP contribution in [0.5, 0.6) is 0 Å². The maximum Gasteiger partial charge on any atom is 0.296 e.